The van der Waals surface area contributed by atoms with Crippen LogP contribution in [0.15, 0.2) is 0 Å². The number of amides is 1. The molecule has 0 aliphatic heterocycles. The average Bonchev–Trinajstić information content (AvgIpc) is 2.18. The van der Waals surface area contributed by atoms with Gasteiger partial charge in [-0.15, -0.1) is 0 Å². The van der Waals surface area contributed by atoms with E-state index in [-0.39, 0.29) is 6.04 Å². The van der Waals surface area contributed by atoms with Crippen molar-refractivity contribution in [2.75, 3.05) is 6.61 Å². The molecule has 0 aromatic rings. The van der Waals surface area contributed by atoms with Gasteiger partial charge in [-0.05, 0) is 18.8 Å². The van der Waals surface area contributed by atoms with Crippen LogP contribution in [-0.4, -0.2) is 30.0 Å². The summed E-state index contributed by atoms with van der Waals surface area (Å²) in [6, 6.07) is -0.126. The SMILES string of the molecule is CC(C)COC(=O)NC1CCCCC1O. The Labute approximate surface area is 91.0 Å². The lowest BCUT2D eigenvalue weighted by Crippen LogP contribution is -2.45. The van der Waals surface area contributed by atoms with Crippen LogP contribution in [0.25, 0.3) is 0 Å². The molecule has 0 aromatic heterocycles. The highest BCUT2D eigenvalue weighted by molar-refractivity contribution is 5.67. The highest BCUT2D eigenvalue weighted by atomic mass is 16.5. The number of alkyl carbamates (subject to hydrolysis) is 1. The topological polar surface area (TPSA) is 58.6 Å². The molecule has 2 N–H and O–H groups in total. The van der Waals surface area contributed by atoms with Crippen molar-refractivity contribution in [3.05, 3.63) is 0 Å². The fourth-order valence-electron chi connectivity index (χ4n) is 1.72. The van der Waals surface area contributed by atoms with E-state index >= 15 is 0 Å². The molecule has 0 radical (unpaired) electrons. The normalized spacial score (nSPS) is 26.4. The van der Waals surface area contributed by atoms with E-state index in [9.17, 15) is 9.90 Å². The fraction of sp³-hybridized carbons (Fsp3) is 0.909. The third-order valence-corrected chi connectivity index (χ3v) is 2.58. The van der Waals surface area contributed by atoms with Gasteiger partial charge in [0.05, 0.1) is 18.8 Å². The zero-order valence-electron chi connectivity index (χ0n) is 9.53. The highest BCUT2D eigenvalue weighted by Crippen LogP contribution is 2.18. The monoisotopic (exact) mass is 215 g/mol. The van der Waals surface area contributed by atoms with E-state index < -0.39 is 12.2 Å². The summed E-state index contributed by atoms with van der Waals surface area (Å²) in [6.45, 7) is 4.40. The van der Waals surface area contributed by atoms with E-state index in [2.05, 4.69) is 5.32 Å². The Balaban J connectivity index is 2.24. The quantitative estimate of drug-likeness (QED) is 0.753. The lowest BCUT2D eigenvalue weighted by molar-refractivity contribution is 0.0769. The van der Waals surface area contributed by atoms with Crippen molar-refractivity contribution in [3.63, 3.8) is 0 Å². The Morgan fingerprint density at radius 3 is 2.73 bits per heavy atom. The Morgan fingerprint density at radius 2 is 2.13 bits per heavy atom. The van der Waals surface area contributed by atoms with Crippen LogP contribution in [0, 0.1) is 5.92 Å². The fourth-order valence-corrected chi connectivity index (χ4v) is 1.72. The molecule has 15 heavy (non-hydrogen) atoms. The van der Waals surface area contributed by atoms with Crippen molar-refractivity contribution in [3.8, 4) is 0 Å². The number of carbonyl (C=O) groups excluding carboxylic acids is 1. The summed E-state index contributed by atoms with van der Waals surface area (Å²) in [4.78, 5) is 11.3. The summed E-state index contributed by atoms with van der Waals surface area (Å²) in [5.41, 5.74) is 0. The Morgan fingerprint density at radius 1 is 1.47 bits per heavy atom. The first-order valence-electron chi connectivity index (χ1n) is 5.71. The second kappa shape index (κ2) is 5.95. The van der Waals surface area contributed by atoms with E-state index in [0.717, 1.165) is 25.7 Å². The molecule has 4 nitrogen and oxygen atoms in total. The van der Waals surface area contributed by atoms with Crippen LogP contribution >= 0.6 is 0 Å². The third-order valence-electron chi connectivity index (χ3n) is 2.58. The van der Waals surface area contributed by atoms with Gasteiger partial charge in [-0.25, -0.2) is 4.79 Å². The third kappa shape index (κ3) is 4.51. The minimum absolute atomic E-state index is 0.126. The number of nitrogens with one attached hydrogen (secondary N) is 1. The lowest BCUT2D eigenvalue weighted by Gasteiger charge is -2.27. The first-order chi connectivity index (χ1) is 7.09. The highest BCUT2D eigenvalue weighted by Gasteiger charge is 2.24. The number of rotatable bonds is 3. The summed E-state index contributed by atoms with van der Waals surface area (Å²) in [7, 11) is 0. The van der Waals surface area contributed by atoms with Crippen molar-refractivity contribution < 1.29 is 14.6 Å². The van der Waals surface area contributed by atoms with Crippen molar-refractivity contribution in [1.29, 1.82) is 0 Å². The van der Waals surface area contributed by atoms with Gasteiger partial charge in [0.2, 0.25) is 0 Å². The van der Waals surface area contributed by atoms with Crippen LogP contribution in [0.2, 0.25) is 0 Å². The number of hydrogen-bond donors (Lipinski definition) is 2. The van der Waals surface area contributed by atoms with Gasteiger partial charge in [-0.2, -0.15) is 0 Å². The van der Waals surface area contributed by atoms with E-state index in [4.69, 9.17) is 4.74 Å². The number of ether oxygens (including phenoxy) is 1. The Kier molecular flexibility index (Phi) is 4.88. The zero-order chi connectivity index (χ0) is 11.3. The molecule has 2 unspecified atom stereocenters. The van der Waals surface area contributed by atoms with Crippen LogP contribution in [0.3, 0.4) is 0 Å². The largest absolute Gasteiger partial charge is 0.449 e. The predicted molar refractivity (Wildman–Crippen MR) is 57.6 cm³/mol. The molecule has 4 heteroatoms. The first kappa shape index (κ1) is 12.3. The van der Waals surface area contributed by atoms with Crippen LogP contribution < -0.4 is 5.32 Å². The molecule has 1 amide bonds. The number of hydrogen-bond acceptors (Lipinski definition) is 3. The molecule has 1 aliphatic rings. The Bertz CT molecular complexity index is 206. The molecule has 0 heterocycles. The summed E-state index contributed by atoms with van der Waals surface area (Å²) >= 11 is 0. The minimum Gasteiger partial charge on any atom is -0.449 e. The van der Waals surface area contributed by atoms with Gasteiger partial charge < -0.3 is 15.2 Å². The number of aliphatic hydroxyl groups is 1. The van der Waals surface area contributed by atoms with Crippen LogP contribution in [0.1, 0.15) is 39.5 Å². The van der Waals surface area contributed by atoms with E-state index in [1.807, 2.05) is 13.8 Å². The van der Waals surface area contributed by atoms with Gasteiger partial charge in [0.25, 0.3) is 0 Å². The maximum Gasteiger partial charge on any atom is 0.407 e. The summed E-state index contributed by atoms with van der Waals surface area (Å²) in [6.07, 6.45) is 2.90. The average molecular weight is 215 g/mol. The van der Waals surface area contributed by atoms with E-state index in [1.54, 1.807) is 0 Å². The molecule has 2 atom stereocenters. The molecule has 88 valence electrons. The molecule has 1 fully saturated rings. The Hall–Kier alpha value is -0.770. The summed E-state index contributed by atoms with van der Waals surface area (Å²) in [5, 5.41) is 12.3. The van der Waals surface area contributed by atoms with Gasteiger partial charge in [0.15, 0.2) is 0 Å². The summed E-state index contributed by atoms with van der Waals surface area (Å²) < 4.78 is 4.99. The second-order valence-corrected chi connectivity index (χ2v) is 4.59. The van der Waals surface area contributed by atoms with Crippen molar-refractivity contribution in [2.45, 2.75) is 51.7 Å². The molecule has 1 saturated carbocycles. The van der Waals surface area contributed by atoms with E-state index in [0.29, 0.717) is 12.5 Å². The van der Waals surface area contributed by atoms with Crippen LogP contribution in [0.4, 0.5) is 4.79 Å². The maximum atomic E-state index is 11.3. The van der Waals surface area contributed by atoms with Crippen molar-refractivity contribution in [2.24, 2.45) is 5.92 Å². The van der Waals surface area contributed by atoms with E-state index in [1.165, 1.54) is 0 Å². The smallest absolute Gasteiger partial charge is 0.407 e. The van der Waals surface area contributed by atoms with Crippen molar-refractivity contribution >= 4 is 6.09 Å². The minimum atomic E-state index is -0.412. The molecule has 0 saturated heterocycles. The van der Waals surface area contributed by atoms with Gasteiger partial charge in [-0.1, -0.05) is 26.7 Å². The molecule has 0 bridgehead atoms. The molecule has 1 rings (SSSR count). The number of carbonyl (C=O) groups is 1. The predicted octanol–water partition coefficient (Wildman–Crippen LogP) is 1.67. The molecule has 0 spiro atoms. The lowest BCUT2D eigenvalue weighted by atomic mass is 9.93. The molecule has 1 aliphatic carbocycles. The zero-order valence-corrected chi connectivity index (χ0v) is 9.53. The first-order valence-corrected chi connectivity index (χ1v) is 5.71. The van der Waals surface area contributed by atoms with Gasteiger partial charge in [-0.3, -0.25) is 0 Å². The van der Waals surface area contributed by atoms with Crippen LogP contribution in [-0.2, 0) is 4.74 Å². The standard InChI is InChI=1S/C11H21NO3/c1-8(2)7-15-11(14)12-9-5-3-4-6-10(9)13/h8-10,13H,3-7H2,1-2H3,(H,12,14). The van der Waals surface area contributed by atoms with Crippen molar-refractivity contribution in [1.82, 2.24) is 5.32 Å². The summed E-state index contributed by atoms with van der Waals surface area (Å²) in [5.74, 6) is 0.340. The van der Waals surface area contributed by atoms with Gasteiger partial charge in [0.1, 0.15) is 0 Å². The maximum absolute atomic E-state index is 11.3. The molecular weight excluding hydrogens is 194 g/mol. The van der Waals surface area contributed by atoms with Crippen LogP contribution in [0.5, 0.6) is 0 Å². The molecular formula is C11H21NO3. The second-order valence-electron chi connectivity index (χ2n) is 4.59. The number of aliphatic hydroxyl groups excluding tert-OH is 1. The van der Waals surface area contributed by atoms with Gasteiger partial charge >= 0.3 is 6.09 Å². The molecule has 0 aromatic carbocycles. The van der Waals surface area contributed by atoms with Gasteiger partial charge in [0, 0.05) is 0 Å².